The second-order valence-corrected chi connectivity index (χ2v) is 4.91. The van der Waals surface area contributed by atoms with Gasteiger partial charge < -0.3 is 14.5 Å². The first-order valence-corrected chi connectivity index (χ1v) is 6.81. The molecule has 1 heterocycles. The largest absolute Gasteiger partial charge is 0.467 e. The number of halogens is 2. The van der Waals surface area contributed by atoms with Gasteiger partial charge in [-0.15, -0.1) is 0 Å². The van der Waals surface area contributed by atoms with Crippen LogP contribution < -0.4 is 5.32 Å². The van der Waals surface area contributed by atoms with Crippen LogP contribution in [0.25, 0.3) is 0 Å². The molecule has 1 aromatic heterocycles. The first kappa shape index (κ1) is 16.0. The highest BCUT2D eigenvalue weighted by molar-refractivity contribution is 6.30. The Kier molecular flexibility index (Phi) is 5.16. The van der Waals surface area contributed by atoms with Crippen LogP contribution in [0.4, 0.5) is 4.39 Å². The first-order valence-electron chi connectivity index (χ1n) is 6.43. The minimum absolute atomic E-state index is 0.166. The fourth-order valence-electron chi connectivity index (χ4n) is 1.66. The summed E-state index contributed by atoms with van der Waals surface area (Å²) >= 11 is 5.70. The molecule has 2 rings (SSSR count). The molecule has 0 aliphatic rings. The zero-order chi connectivity index (χ0) is 16.1. The molecule has 0 saturated heterocycles. The van der Waals surface area contributed by atoms with Crippen LogP contribution in [0, 0.1) is 5.82 Å². The number of ether oxygens (including phenoxy) is 1. The van der Waals surface area contributed by atoms with Crippen molar-refractivity contribution < 1.29 is 23.1 Å². The molecule has 0 bridgehead atoms. The number of hydrogen-bond acceptors (Lipinski definition) is 4. The summed E-state index contributed by atoms with van der Waals surface area (Å²) in [4.78, 5) is 23.7. The average Bonchev–Trinajstić information content (AvgIpc) is 3.00. The molecule has 1 amide bonds. The zero-order valence-corrected chi connectivity index (χ0v) is 12.4. The molecule has 1 aromatic carbocycles. The summed E-state index contributed by atoms with van der Waals surface area (Å²) in [6, 6.07) is 6.89. The van der Waals surface area contributed by atoms with E-state index in [0.717, 1.165) is 12.1 Å². The van der Waals surface area contributed by atoms with E-state index in [1.54, 1.807) is 12.1 Å². The molecule has 7 heteroatoms. The number of esters is 1. The Morgan fingerprint density at radius 1 is 1.41 bits per heavy atom. The predicted octanol–water partition coefficient (Wildman–Crippen LogP) is 2.93. The molecule has 0 aliphatic carbocycles. The SMILES string of the molecule is C[C@H](OC(=O)c1cc(Cl)ccc1F)C(=O)NCc1ccco1. The van der Waals surface area contributed by atoms with Crippen LogP contribution in [0.5, 0.6) is 0 Å². The van der Waals surface area contributed by atoms with Crippen molar-refractivity contribution in [3.8, 4) is 0 Å². The predicted molar refractivity (Wildman–Crippen MR) is 76.8 cm³/mol. The van der Waals surface area contributed by atoms with E-state index in [4.69, 9.17) is 20.8 Å². The van der Waals surface area contributed by atoms with Gasteiger partial charge >= 0.3 is 5.97 Å². The lowest BCUT2D eigenvalue weighted by molar-refractivity contribution is -0.129. The number of furan rings is 1. The van der Waals surface area contributed by atoms with E-state index in [2.05, 4.69) is 5.32 Å². The summed E-state index contributed by atoms with van der Waals surface area (Å²) in [5, 5.41) is 2.74. The number of amides is 1. The molecule has 0 saturated carbocycles. The van der Waals surface area contributed by atoms with Crippen molar-refractivity contribution in [2.75, 3.05) is 0 Å². The third kappa shape index (κ3) is 4.08. The fourth-order valence-corrected chi connectivity index (χ4v) is 1.83. The summed E-state index contributed by atoms with van der Waals surface area (Å²) in [7, 11) is 0. The van der Waals surface area contributed by atoms with Gasteiger partial charge in [0.1, 0.15) is 11.6 Å². The van der Waals surface area contributed by atoms with Gasteiger partial charge in [0.15, 0.2) is 6.10 Å². The third-order valence-electron chi connectivity index (χ3n) is 2.82. The quantitative estimate of drug-likeness (QED) is 0.858. The molecule has 116 valence electrons. The molecule has 0 radical (unpaired) electrons. The third-order valence-corrected chi connectivity index (χ3v) is 3.05. The monoisotopic (exact) mass is 325 g/mol. The molecular formula is C15H13ClFNO4. The molecule has 5 nitrogen and oxygen atoms in total. The Hall–Kier alpha value is -2.34. The van der Waals surface area contributed by atoms with Crippen molar-refractivity contribution >= 4 is 23.5 Å². The second kappa shape index (κ2) is 7.09. The van der Waals surface area contributed by atoms with E-state index in [1.807, 2.05) is 0 Å². The van der Waals surface area contributed by atoms with Gasteiger partial charge in [0, 0.05) is 5.02 Å². The lowest BCUT2D eigenvalue weighted by Gasteiger charge is -2.13. The lowest BCUT2D eigenvalue weighted by atomic mass is 10.2. The maximum absolute atomic E-state index is 13.5. The zero-order valence-electron chi connectivity index (χ0n) is 11.6. The molecular weight excluding hydrogens is 313 g/mol. The van der Waals surface area contributed by atoms with Gasteiger partial charge in [0.05, 0.1) is 18.4 Å². The smallest absolute Gasteiger partial charge is 0.341 e. The van der Waals surface area contributed by atoms with E-state index in [1.165, 1.54) is 19.3 Å². The van der Waals surface area contributed by atoms with E-state index in [9.17, 15) is 14.0 Å². The number of carbonyl (C=O) groups is 2. The highest BCUT2D eigenvalue weighted by Crippen LogP contribution is 2.16. The van der Waals surface area contributed by atoms with Gasteiger partial charge in [-0.2, -0.15) is 0 Å². The van der Waals surface area contributed by atoms with Crippen LogP contribution in [0.15, 0.2) is 41.0 Å². The molecule has 1 N–H and O–H groups in total. The topological polar surface area (TPSA) is 68.5 Å². The van der Waals surface area contributed by atoms with Gasteiger partial charge in [-0.1, -0.05) is 11.6 Å². The first-order chi connectivity index (χ1) is 10.5. The standard InChI is InChI=1S/C15H13ClFNO4/c1-9(14(19)18-8-11-3-2-6-21-11)22-15(20)12-7-10(16)4-5-13(12)17/h2-7,9H,8H2,1H3,(H,18,19)/t9-/m0/s1. The van der Waals surface area contributed by atoms with Crippen molar-refractivity contribution in [1.82, 2.24) is 5.32 Å². The fraction of sp³-hybridized carbons (Fsp3) is 0.200. The van der Waals surface area contributed by atoms with Crippen LogP contribution >= 0.6 is 11.6 Å². The van der Waals surface area contributed by atoms with Gasteiger partial charge in [-0.3, -0.25) is 4.79 Å². The van der Waals surface area contributed by atoms with Crippen LogP contribution in [0.3, 0.4) is 0 Å². The van der Waals surface area contributed by atoms with Gasteiger partial charge in [-0.05, 0) is 37.3 Å². The summed E-state index contributed by atoms with van der Waals surface area (Å²) < 4.78 is 23.5. The Morgan fingerprint density at radius 3 is 2.86 bits per heavy atom. The van der Waals surface area contributed by atoms with Crippen LogP contribution in [-0.4, -0.2) is 18.0 Å². The highest BCUT2D eigenvalue weighted by atomic mass is 35.5. The second-order valence-electron chi connectivity index (χ2n) is 4.47. The molecule has 0 aliphatic heterocycles. The maximum atomic E-state index is 13.5. The van der Waals surface area contributed by atoms with Crippen LogP contribution in [0.1, 0.15) is 23.0 Å². The van der Waals surface area contributed by atoms with Gasteiger partial charge in [0.2, 0.25) is 0 Å². The van der Waals surface area contributed by atoms with Crippen molar-refractivity contribution in [2.24, 2.45) is 0 Å². The normalized spacial score (nSPS) is 11.8. The summed E-state index contributed by atoms with van der Waals surface area (Å²) in [5.41, 5.74) is -0.321. The number of hydrogen-bond donors (Lipinski definition) is 1. The molecule has 0 unspecified atom stereocenters. The Bertz CT molecular complexity index is 672. The summed E-state index contributed by atoms with van der Waals surface area (Å²) in [6.07, 6.45) is 0.396. The molecule has 1 atom stereocenters. The molecule has 2 aromatic rings. The number of rotatable bonds is 5. The molecule has 22 heavy (non-hydrogen) atoms. The number of benzene rings is 1. The maximum Gasteiger partial charge on any atom is 0.341 e. The van der Waals surface area contributed by atoms with Crippen molar-refractivity contribution in [3.63, 3.8) is 0 Å². The average molecular weight is 326 g/mol. The van der Waals surface area contributed by atoms with Crippen LogP contribution in [0.2, 0.25) is 5.02 Å². The van der Waals surface area contributed by atoms with E-state index in [0.29, 0.717) is 5.76 Å². The van der Waals surface area contributed by atoms with Gasteiger partial charge in [0.25, 0.3) is 5.91 Å². The van der Waals surface area contributed by atoms with Crippen molar-refractivity contribution in [2.45, 2.75) is 19.6 Å². The minimum atomic E-state index is -1.08. The lowest BCUT2D eigenvalue weighted by Crippen LogP contribution is -2.35. The highest BCUT2D eigenvalue weighted by Gasteiger charge is 2.21. The van der Waals surface area contributed by atoms with Crippen molar-refractivity contribution in [1.29, 1.82) is 0 Å². The van der Waals surface area contributed by atoms with Crippen molar-refractivity contribution in [3.05, 3.63) is 58.8 Å². The van der Waals surface area contributed by atoms with E-state index < -0.39 is 23.8 Å². The molecule has 0 spiro atoms. The minimum Gasteiger partial charge on any atom is -0.467 e. The Balaban J connectivity index is 1.92. The number of carbonyl (C=O) groups excluding carboxylic acids is 2. The Labute approximate surface area is 131 Å². The van der Waals surface area contributed by atoms with E-state index in [-0.39, 0.29) is 17.1 Å². The molecule has 0 fully saturated rings. The van der Waals surface area contributed by atoms with Crippen LogP contribution in [-0.2, 0) is 16.1 Å². The summed E-state index contributed by atoms with van der Waals surface area (Å²) in [6.45, 7) is 1.55. The van der Waals surface area contributed by atoms with Gasteiger partial charge in [-0.25, -0.2) is 9.18 Å². The van der Waals surface area contributed by atoms with E-state index >= 15 is 0 Å². The Morgan fingerprint density at radius 2 is 2.18 bits per heavy atom. The number of nitrogens with one attached hydrogen (secondary N) is 1. The summed E-state index contributed by atoms with van der Waals surface area (Å²) in [5.74, 6) is -1.68.